The molecule has 1 heterocycles. The van der Waals surface area contributed by atoms with E-state index in [0.717, 1.165) is 16.1 Å². The number of rotatable bonds is 5. The zero-order valence-electron chi connectivity index (χ0n) is 9.96. The number of benzene rings is 1. The van der Waals surface area contributed by atoms with Crippen LogP contribution in [0.25, 0.3) is 0 Å². The lowest BCUT2D eigenvalue weighted by molar-refractivity contribution is 0.580. The molecule has 0 radical (unpaired) electrons. The van der Waals surface area contributed by atoms with Gasteiger partial charge in [0.15, 0.2) is 0 Å². The Morgan fingerprint density at radius 3 is 2.78 bits per heavy atom. The van der Waals surface area contributed by atoms with Crippen molar-refractivity contribution in [2.75, 3.05) is 0 Å². The van der Waals surface area contributed by atoms with Gasteiger partial charge in [-0.05, 0) is 18.1 Å². The molecule has 0 spiro atoms. The molecule has 4 nitrogen and oxygen atoms in total. The summed E-state index contributed by atoms with van der Waals surface area (Å²) in [5, 5.41) is 2.59. The fraction of sp³-hybridized carbons (Fsp3) is 0.250. The second-order valence-corrected chi connectivity index (χ2v) is 6.72. The number of aromatic nitrogens is 1. The summed E-state index contributed by atoms with van der Waals surface area (Å²) in [5.41, 5.74) is 1.81. The van der Waals surface area contributed by atoms with Gasteiger partial charge in [0.2, 0.25) is 10.0 Å². The lowest BCUT2D eigenvalue weighted by atomic mass is 10.1. The van der Waals surface area contributed by atoms with Gasteiger partial charge >= 0.3 is 0 Å². The van der Waals surface area contributed by atoms with Crippen molar-refractivity contribution in [1.82, 2.24) is 9.71 Å². The first kappa shape index (κ1) is 13.2. The summed E-state index contributed by atoms with van der Waals surface area (Å²) in [4.78, 5) is 4.04. The fourth-order valence-corrected chi connectivity index (χ4v) is 3.38. The van der Waals surface area contributed by atoms with Gasteiger partial charge in [-0.1, -0.05) is 24.3 Å². The second-order valence-electron chi connectivity index (χ2n) is 3.93. The van der Waals surface area contributed by atoms with Crippen molar-refractivity contribution < 1.29 is 8.42 Å². The molecule has 0 atom stereocenters. The highest BCUT2D eigenvalue weighted by molar-refractivity contribution is 7.88. The van der Waals surface area contributed by atoms with Crippen LogP contribution >= 0.6 is 11.3 Å². The maximum absolute atomic E-state index is 11.9. The van der Waals surface area contributed by atoms with E-state index in [1.807, 2.05) is 36.6 Å². The minimum Gasteiger partial charge on any atom is -0.248 e. The Balaban J connectivity index is 2.02. The highest BCUT2D eigenvalue weighted by Crippen LogP contribution is 2.11. The van der Waals surface area contributed by atoms with Gasteiger partial charge in [0.1, 0.15) is 5.01 Å². The topological polar surface area (TPSA) is 59.1 Å². The number of hydrogen-bond donors (Lipinski definition) is 1. The Morgan fingerprint density at radius 2 is 2.11 bits per heavy atom. The summed E-state index contributed by atoms with van der Waals surface area (Å²) in [7, 11) is -3.32. The van der Waals surface area contributed by atoms with Crippen molar-refractivity contribution in [3.63, 3.8) is 0 Å². The van der Waals surface area contributed by atoms with Crippen molar-refractivity contribution in [2.24, 2.45) is 0 Å². The van der Waals surface area contributed by atoms with E-state index in [9.17, 15) is 8.42 Å². The van der Waals surface area contributed by atoms with Crippen LogP contribution in [-0.2, 0) is 22.3 Å². The maximum Gasteiger partial charge on any atom is 0.216 e. The largest absolute Gasteiger partial charge is 0.248 e. The third kappa shape index (κ3) is 3.63. The minimum atomic E-state index is -3.32. The van der Waals surface area contributed by atoms with Gasteiger partial charge in [0.25, 0.3) is 0 Å². The van der Waals surface area contributed by atoms with Crippen LogP contribution < -0.4 is 4.72 Å². The molecule has 0 fully saturated rings. The first-order valence-electron chi connectivity index (χ1n) is 5.47. The summed E-state index contributed by atoms with van der Waals surface area (Å²) in [6.07, 6.45) is 1.66. The molecule has 0 aliphatic heterocycles. The molecular weight excluding hydrogens is 268 g/mol. The van der Waals surface area contributed by atoms with Crippen LogP contribution in [0.3, 0.4) is 0 Å². The lowest BCUT2D eigenvalue weighted by Crippen LogP contribution is -2.24. The fourth-order valence-electron chi connectivity index (χ4n) is 1.54. The molecule has 0 aliphatic rings. The number of aryl methyl sites for hydroxylation is 1. The summed E-state index contributed by atoms with van der Waals surface area (Å²) in [6.45, 7) is 2.16. The zero-order chi connectivity index (χ0) is 13.0. The molecule has 0 amide bonds. The van der Waals surface area contributed by atoms with Gasteiger partial charge < -0.3 is 0 Å². The van der Waals surface area contributed by atoms with Crippen LogP contribution in [0.1, 0.15) is 16.1 Å². The number of nitrogens with zero attached hydrogens (tertiary/aromatic N) is 1. The smallest absolute Gasteiger partial charge is 0.216 e. The van der Waals surface area contributed by atoms with E-state index in [1.165, 1.54) is 11.3 Å². The zero-order valence-corrected chi connectivity index (χ0v) is 11.6. The molecule has 2 rings (SSSR count). The van der Waals surface area contributed by atoms with Gasteiger partial charge in [0.05, 0.1) is 12.3 Å². The van der Waals surface area contributed by atoms with Crippen LogP contribution in [0, 0.1) is 6.92 Å². The first-order valence-corrected chi connectivity index (χ1v) is 8.00. The average Bonchev–Trinajstić information content (AvgIpc) is 2.83. The van der Waals surface area contributed by atoms with E-state index in [2.05, 4.69) is 9.71 Å². The molecule has 1 N–H and O–H groups in total. The van der Waals surface area contributed by atoms with E-state index >= 15 is 0 Å². The molecule has 2 aromatic rings. The van der Waals surface area contributed by atoms with Gasteiger partial charge in [0, 0.05) is 11.6 Å². The molecule has 0 aliphatic carbocycles. The summed E-state index contributed by atoms with van der Waals surface area (Å²) < 4.78 is 26.4. The van der Waals surface area contributed by atoms with Crippen molar-refractivity contribution in [3.8, 4) is 0 Å². The van der Waals surface area contributed by atoms with Crippen LogP contribution in [0.4, 0.5) is 0 Å². The van der Waals surface area contributed by atoms with Gasteiger partial charge in [-0.3, -0.25) is 0 Å². The Hall–Kier alpha value is -1.24. The van der Waals surface area contributed by atoms with E-state index in [4.69, 9.17) is 0 Å². The quantitative estimate of drug-likeness (QED) is 0.913. The molecule has 0 saturated carbocycles. The van der Waals surface area contributed by atoms with Crippen molar-refractivity contribution >= 4 is 21.4 Å². The second kappa shape index (κ2) is 5.60. The number of thiazole rings is 1. The molecule has 0 unspecified atom stereocenters. The van der Waals surface area contributed by atoms with Crippen LogP contribution in [0.5, 0.6) is 0 Å². The highest BCUT2D eigenvalue weighted by Gasteiger charge is 2.13. The number of nitrogens with one attached hydrogen (secondary N) is 1. The van der Waals surface area contributed by atoms with Crippen molar-refractivity contribution in [3.05, 3.63) is 52.0 Å². The monoisotopic (exact) mass is 282 g/mol. The number of sulfonamides is 1. The lowest BCUT2D eigenvalue weighted by Gasteiger charge is -2.07. The van der Waals surface area contributed by atoms with Crippen LogP contribution in [-0.4, -0.2) is 13.4 Å². The van der Waals surface area contributed by atoms with Gasteiger partial charge in [-0.15, -0.1) is 11.3 Å². The average molecular weight is 282 g/mol. The van der Waals surface area contributed by atoms with Crippen molar-refractivity contribution in [1.29, 1.82) is 0 Å². The highest BCUT2D eigenvalue weighted by atomic mass is 32.2. The maximum atomic E-state index is 11.9. The Bertz CT molecular complexity index is 607. The molecule has 0 bridgehead atoms. The minimum absolute atomic E-state index is 0.00501. The molecule has 1 aromatic heterocycles. The van der Waals surface area contributed by atoms with E-state index < -0.39 is 10.0 Å². The van der Waals surface area contributed by atoms with Gasteiger partial charge in [-0.2, -0.15) is 0 Å². The third-order valence-electron chi connectivity index (χ3n) is 2.53. The van der Waals surface area contributed by atoms with Crippen LogP contribution in [0.15, 0.2) is 35.8 Å². The van der Waals surface area contributed by atoms with Gasteiger partial charge in [-0.25, -0.2) is 18.1 Å². The summed E-state index contributed by atoms with van der Waals surface area (Å²) in [5.74, 6) is 0.00501. The summed E-state index contributed by atoms with van der Waals surface area (Å²) >= 11 is 1.44. The first-order chi connectivity index (χ1) is 8.57. The normalized spacial score (nSPS) is 11.6. The standard InChI is InChI=1S/C12H14N2O2S2/c1-10-4-2-3-5-11(10)9-18(15,16)14-8-12-13-6-7-17-12/h2-7,14H,8-9H2,1H3. The predicted octanol–water partition coefficient (Wildman–Crippen LogP) is 2.07. The number of hydrogen-bond acceptors (Lipinski definition) is 4. The SMILES string of the molecule is Cc1ccccc1CS(=O)(=O)NCc1nccs1. The molecule has 96 valence electrons. The predicted molar refractivity (Wildman–Crippen MR) is 72.8 cm³/mol. The van der Waals surface area contributed by atoms with E-state index in [-0.39, 0.29) is 12.3 Å². The van der Waals surface area contributed by atoms with Crippen molar-refractivity contribution in [2.45, 2.75) is 19.2 Å². The Morgan fingerprint density at radius 1 is 1.33 bits per heavy atom. The van der Waals surface area contributed by atoms with E-state index in [1.54, 1.807) is 6.20 Å². The van der Waals surface area contributed by atoms with E-state index in [0.29, 0.717) is 0 Å². The third-order valence-corrected chi connectivity index (χ3v) is 4.59. The molecular formula is C12H14N2O2S2. The molecule has 6 heteroatoms. The molecule has 18 heavy (non-hydrogen) atoms. The molecule has 1 aromatic carbocycles. The van der Waals surface area contributed by atoms with Crippen LogP contribution in [0.2, 0.25) is 0 Å². The molecule has 0 saturated heterocycles. The summed E-state index contributed by atoms with van der Waals surface area (Å²) in [6, 6.07) is 7.48. The Labute approximate surface area is 111 Å². The Kier molecular flexibility index (Phi) is 4.11.